The minimum absolute atomic E-state index is 0.356. The summed E-state index contributed by atoms with van der Waals surface area (Å²) in [5.41, 5.74) is 0.608. The number of rotatable bonds is 3. The van der Waals surface area contributed by atoms with Gasteiger partial charge in [0.15, 0.2) is 11.5 Å². The molecule has 1 saturated carbocycles. The predicted octanol–water partition coefficient (Wildman–Crippen LogP) is 4.45. The maximum atomic E-state index is 11.8. The highest BCUT2D eigenvalue weighted by atomic mass is 35.5. The predicted molar refractivity (Wildman–Crippen MR) is 80.5 cm³/mol. The molecule has 1 N–H and O–H groups in total. The first kappa shape index (κ1) is 14.4. The van der Waals surface area contributed by atoms with E-state index in [1.54, 1.807) is 18.2 Å². The Hall–Kier alpha value is -1.55. The van der Waals surface area contributed by atoms with Gasteiger partial charge in [0.25, 0.3) is 0 Å². The second-order valence-electron chi connectivity index (χ2n) is 5.90. The maximum absolute atomic E-state index is 11.8. The fourth-order valence-electron chi connectivity index (χ4n) is 3.18. The van der Waals surface area contributed by atoms with Crippen LogP contribution in [0.2, 0.25) is 5.02 Å². The van der Waals surface area contributed by atoms with Crippen LogP contribution < -0.4 is 0 Å². The Morgan fingerprint density at radius 3 is 2.67 bits per heavy atom. The summed E-state index contributed by atoms with van der Waals surface area (Å²) < 4.78 is 5.71. The lowest BCUT2D eigenvalue weighted by Crippen LogP contribution is -2.33. The summed E-state index contributed by atoms with van der Waals surface area (Å²) >= 11 is 5.94. The highest BCUT2D eigenvalue weighted by Gasteiger charge is 2.40. The van der Waals surface area contributed by atoms with Crippen molar-refractivity contribution in [1.29, 1.82) is 0 Å². The number of aromatic nitrogens is 1. The summed E-state index contributed by atoms with van der Waals surface area (Å²) in [5, 5.41) is 10.3. The van der Waals surface area contributed by atoms with Gasteiger partial charge in [-0.05, 0) is 25.0 Å². The number of carboxylic acids is 1. The summed E-state index contributed by atoms with van der Waals surface area (Å²) in [4.78, 5) is 16.2. The van der Waals surface area contributed by atoms with Crippen molar-refractivity contribution >= 4 is 28.7 Å². The molecule has 3 rings (SSSR count). The van der Waals surface area contributed by atoms with Crippen LogP contribution in [0, 0.1) is 5.41 Å². The van der Waals surface area contributed by atoms with Gasteiger partial charge in [-0.3, -0.25) is 4.79 Å². The molecule has 1 aromatic heterocycles. The molecule has 112 valence electrons. The lowest BCUT2D eigenvalue weighted by atomic mass is 9.77. The van der Waals surface area contributed by atoms with Crippen LogP contribution in [0.25, 0.3) is 11.1 Å². The lowest BCUT2D eigenvalue weighted by molar-refractivity contribution is -0.150. The van der Waals surface area contributed by atoms with E-state index < -0.39 is 11.4 Å². The molecule has 1 aromatic carbocycles. The number of halogens is 1. The van der Waals surface area contributed by atoms with Crippen LogP contribution >= 0.6 is 11.6 Å². The molecule has 2 aromatic rings. The summed E-state index contributed by atoms with van der Waals surface area (Å²) in [6, 6.07) is 5.27. The van der Waals surface area contributed by atoms with E-state index in [1.165, 1.54) is 0 Å². The molecule has 21 heavy (non-hydrogen) atoms. The molecule has 0 radical (unpaired) electrons. The van der Waals surface area contributed by atoms with Crippen molar-refractivity contribution < 1.29 is 14.3 Å². The average Bonchev–Trinajstić information content (AvgIpc) is 2.67. The zero-order valence-electron chi connectivity index (χ0n) is 11.8. The quantitative estimate of drug-likeness (QED) is 0.851. The van der Waals surface area contributed by atoms with Crippen molar-refractivity contribution in [2.75, 3.05) is 0 Å². The molecule has 4 nitrogen and oxygen atoms in total. The first-order chi connectivity index (χ1) is 10.1. The Kier molecular flexibility index (Phi) is 3.89. The van der Waals surface area contributed by atoms with Crippen LogP contribution in [-0.2, 0) is 11.2 Å². The van der Waals surface area contributed by atoms with Gasteiger partial charge in [-0.25, -0.2) is 4.98 Å². The molecule has 1 heterocycles. The van der Waals surface area contributed by atoms with Gasteiger partial charge in [0.2, 0.25) is 0 Å². The van der Waals surface area contributed by atoms with Crippen LogP contribution in [0.1, 0.15) is 44.4 Å². The highest BCUT2D eigenvalue weighted by molar-refractivity contribution is 6.31. The number of fused-ring (bicyclic) bond motifs is 1. The van der Waals surface area contributed by atoms with E-state index in [4.69, 9.17) is 16.0 Å². The lowest BCUT2D eigenvalue weighted by Gasteiger charge is -2.26. The van der Waals surface area contributed by atoms with Crippen LogP contribution in [0.15, 0.2) is 22.6 Å². The van der Waals surface area contributed by atoms with Gasteiger partial charge < -0.3 is 9.52 Å². The number of hydrogen-bond donors (Lipinski definition) is 1. The Morgan fingerprint density at radius 1 is 1.29 bits per heavy atom. The number of aliphatic carboxylic acids is 1. The van der Waals surface area contributed by atoms with E-state index in [-0.39, 0.29) is 0 Å². The maximum Gasteiger partial charge on any atom is 0.310 e. The molecule has 0 unspecified atom stereocenters. The van der Waals surface area contributed by atoms with E-state index in [1.807, 2.05) is 0 Å². The molecule has 0 spiro atoms. The van der Waals surface area contributed by atoms with Crippen molar-refractivity contribution in [3.05, 3.63) is 29.1 Å². The standard InChI is InChI=1S/C16H18ClNO3/c17-11-5-6-12-13(9-11)21-14(18-12)10-16(15(19)20)7-3-1-2-4-8-16/h5-6,9H,1-4,7-8,10H2,(H,19,20). The summed E-state index contributed by atoms with van der Waals surface area (Å²) in [6.07, 6.45) is 5.88. The van der Waals surface area contributed by atoms with E-state index in [2.05, 4.69) is 4.98 Å². The van der Waals surface area contributed by atoms with Gasteiger partial charge >= 0.3 is 5.97 Å². The van der Waals surface area contributed by atoms with Crippen molar-refractivity contribution in [1.82, 2.24) is 4.98 Å². The second kappa shape index (κ2) is 5.68. The Morgan fingerprint density at radius 2 is 2.00 bits per heavy atom. The van der Waals surface area contributed by atoms with Crippen molar-refractivity contribution in [3.8, 4) is 0 Å². The molecule has 0 bridgehead atoms. The van der Waals surface area contributed by atoms with E-state index in [0.717, 1.165) is 31.2 Å². The van der Waals surface area contributed by atoms with Gasteiger partial charge in [-0.15, -0.1) is 0 Å². The van der Waals surface area contributed by atoms with E-state index in [0.29, 0.717) is 35.8 Å². The van der Waals surface area contributed by atoms with Crippen LogP contribution in [0.3, 0.4) is 0 Å². The Balaban J connectivity index is 1.91. The number of carboxylic acid groups (broad SMARTS) is 1. The van der Waals surface area contributed by atoms with Crippen LogP contribution in [-0.4, -0.2) is 16.1 Å². The highest BCUT2D eigenvalue weighted by Crippen LogP contribution is 2.38. The first-order valence-electron chi connectivity index (χ1n) is 7.37. The number of oxazole rings is 1. The van der Waals surface area contributed by atoms with Crippen LogP contribution in [0.5, 0.6) is 0 Å². The number of carbonyl (C=O) groups is 1. The summed E-state index contributed by atoms with van der Waals surface area (Å²) in [6.45, 7) is 0. The van der Waals surface area contributed by atoms with Gasteiger partial charge in [-0.1, -0.05) is 37.3 Å². The molecule has 0 saturated heterocycles. The fourth-order valence-corrected chi connectivity index (χ4v) is 3.34. The fraction of sp³-hybridized carbons (Fsp3) is 0.500. The minimum atomic E-state index is -0.735. The summed E-state index contributed by atoms with van der Waals surface area (Å²) in [7, 11) is 0. The van der Waals surface area contributed by atoms with Crippen molar-refractivity contribution in [2.45, 2.75) is 44.9 Å². The smallest absolute Gasteiger partial charge is 0.310 e. The third-order valence-electron chi connectivity index (χ3n) is 4.40. The molecule has 1 aliphatic carbocycles. The summed E-state index contributed by atoms with van der Waals surface area (Å²) in [5.74, 6) is -0.235. The van der Waals surface area contributed by atoms with E-state index >= 15 is 0 Å². The van der Waals surface area contributed by atoms with Gasteiger partial charge in [0.1, 0.15) is 5.52 Å². The molecule has 1 fully saturated rings. The van der Waals surface area contributed by atoms with Gasteiger partial charge in [0.05, 0.1) is 5.41 Å². The number of hydrogen-bond acceptors (Lipinski definition) is 3. The Labute approximate surface area is 128 Å². The third kappa shape index (κ3) is 2.91. The van der Waals surface area contributed by atoms with Gasteiger partial charge in [0, 0.05) is 17.5 Å². The number of nitrogens with zero attached hydrogens (tertiary/aromatic N) is 1. The molecule has 0 atom stereocenters. The topological polar surface area (TPSA) is 63.3 Å². The van der Waals surface area contributed by atoms with Crippen molar-refractivity contribution in [3.63, 3.8) is 0 Å². The monoisotopic (exact) mass is 307 g/mol. The number of benzene rings is 1. The van der Waals surface area contributed by atoms with Gasteiger partial charge in [-0.2, -0.15) is 0 Å². The third-order valence-corrected chi connectivity index (χ3v) is 4.63. The largest absolute Gasteiger partial charge is 0.481 e. The molecule has 0 amide bonds. The molecular weight excluding hydrogens is 290 g/mol. The van der Waals surface area contributed by atoms with Crippen LogP contribution in [0.4, 0.5) is 0 Å². The molecule has 1 aliphatic rings. The SMILES string of the molecule is O=C(O)C1(Cc2nc3ccc(Cl)cc3o2)CCCCCC1. The minimum Gasteiger partial charge on any atom is -0.481 e. The molecule has 0 aliphatic heterocycles. The molecular formula is C16H18ClNO3. The average molecular weight is 308 g/mol. The first-order valence-corrected chi connectivity index (χ1v) is 7.75. The normalized spacial score (nSPS) is 18.5. The van der Waals surface area contributed by atoms with Crippen molar-refractivity contribution in [2.24, 2.45) is 5.41 Å². The zero-order chi connectivity index (χ0) is 14.9. The second-order valence-corrected chi connectivity index (χ2v) is 6.33. The van der Waals surface area contributed by atoms with E-state index in [9.17, 15) is 9.90 Å². The Bertz CT molecular complexity index is 657. The zero-order valence-corrected chi connectivity index (χ0v) is 12.5. The molecule has 5 heteroatoms.